The Kier molecular flexibility index (Phi) is 5.89. The summed E-state index contributed by atoms with van der Waals surface area (Å²) >= 11 is 0. The van der Waals surface area contributed by atoms with Gasteiger partial charge in [-0.25, -0.2) is 4.68 Å². The third-order valence-electron chi connectivity index (χ3n) is 6.69. The summed E-state index contributed by atoms with van der Waals surface area (Å²) in [5, 5.41) is 7.60. The summed E-state index contributed by atoms with van der Waals surface area (Å²) in [6.07, 6.45) is 3.22. The molecule has 5 rings (SSSR count). The van der Waals surface area contributed by atoms with E-state index in [2.05, 4.69) is 10.4 Å². The maximum atomic E-state index is 13.7. The number of aromatic nitrogens is 3. The Bertz CT molecular complexity index is 1590. The van der Waals surface area contributed by atoms with Gasteiger partial charge in [0, 0.05) is 43.7 Å². The van der Waals surface area contributed by atoms with Crippen LogP contribution >= 0.6 is 0 Å². The molecule has 2 unspecified atom stereocenters. The first kappa shape index (κ1) is 24.4. The van der Waals surface area contributed by atoms with E-state index in [1.54, 1.807) is 41.2 Å². The molecule has 4 aromatic rings. The van der Waals surface area contributed by atoms with Crippen LogP contribution in [-0.2, 0) is 16.6 Å². The second-order valence-corrected chi connectivity index (χ2v) is 9.37. The Morgan fingerprint density at radius 2 is 1.81 bits per heavy atom. The summed E-state index contributed by atoms with van der Waals surface area (Å²) in [6.45, 7) is 2.42. The highest BCUT2D eigenvalue weighted by molar-refractivity contribution is 6.00. The third-order valence-corrected chi connectivity index (χ3v) is 6.69. The highest BCUT2D eigenvalue weighted by Crippen LogP contribution is 2.40. The molecule has 0 aliphatic carbocycles. The van der Waals surface area contributed by atoms with Crippen LogP contribution in [0.15, 0.2) is 71.8 Å². The Hall–Kier alpha value is -4.34. The van der Waals surface area contributed by atoms with E-state index in [1.807, 2.05) is 43.3 Å². The van der Waals surface area contributed by atoms with Gasteiger partial charge in [-0.15, -0.1) is 0 Å². The van der Waals surface area contributed by atoms with Gasteiger partial charge >= 0.3 is 5.92 Å². The van der Waals surface area contributed by atoms with Crippen LogP contribution in [0.3, 0.4) is 0 Å². The number of rotatable bonds is 5. The quantitative estimate of drug-likeness (QED) is 0.449. The fraction of sp³-hybridized carbons (Fsp3) is 0.259. The molecule has 0 saturated carbocycles. The summed E-state index contributed by atoms with van der Waals surface area (Å²) in [4.78, 5) is 38.8. The number of nitrogens with one attached hydrogen (secondary N) is 1. The van der Waals surface area contributed by atoms with E-state index in [0.29, 0.717) is 18.3 Å². The van der Waals surface area contributed by atoms with Crippen molar-refractivity contribution in [3.63, 3.8) is 0 Å². The first-order chi connectivity index (χ1) is 17.5. The minimum absolute atomic E-state index is 0.115. The number of nitrogens with zero attached hydrogens (tertiary/aromatic N) is 4. The van der Waals surface area contributed by atoms with Crippen molar-refractivity contribution < 1.29 is 18.4 Å². The molecule has 2 atom stereocenters. The SMILES string of the molecule is Cc1ccccc1C1C(NC(=O)C(C)(F)F)CC(=O)N1c1ccc2c(cnn2-c2ccc(=O)n(C)c2)c1. The number of alkyl halides is 2. The van der Waals surface area contributed by atoms with Crippen LogP contribution in [0.4, 0.5) is 14.5 Å². The van der Waals surface area contributed by atoms with Crippen molar-refractivity contribution in [1.82, 2.24) is 19.7 Å². The molecule has 1 fully saturated rings. The van der Waals surface area contributed by atoms with Gasteiger partial charge < -0.3 is 14.8 Å². The summed E-state index contributed by atoms with van der Waals surface area (Å²) in [7, 11) is 1.66. The van der Waals surface area contributed by atoms with Crippen LogP contribution in [0.1, 0.15) is 30.5 Å². The van der Waals surface area contributed by atoms with Crippen LogP contribution in [0.5, 0.6) is 0 Å². The molecular weight excluding hydrogens is 480 g/mol. The zero-order valence-corrected chi connectivity index (χ0v) is 20.5. The van der Waals surface area contributed by atoms with Crippen molar-refractivity contribution in [3.05, 3.63) is 88.5 Å². The molecule has 1 N–H and O–H groups in total. The number of pyridine rings is 1. The number of amides is 2. The molecule has 0 spiro atoms. The first-order valence-electron chi connectivity index (χ1n) is 11.8. The molecule has 2 amide bonds. The fourth-order valence-corrected chi connectivity index (χ4v) is 4.82. The summed E-state index contributed by atoms with van der Waals surface area (Å²) in [5.74, 6) is -5.27. The zero-order chi connectivity index (χ0) is 26.5. The Balaban J connectivity index is 1.57. The molecule has 2 aromatic carbocycles. The maximum Gasteiger partial charge on any atom is 0.321 e. The first-order valence-corrected chi connectivity index (χ1v) is 11.8. The van der Waals surface area contributed by atoms with Gasteiger partial charge in [0.1, 0.15) is 0 Å². The normalized spacial score (nSPS) is 18.0. The van der Waals surface area contributed by atoms with E-state index < -0.39 is 23.9 Å². The van der Waals surface area contributed by atoms with E-state index in [-0.39, 0.29) is 17.9 Å². The Morgan fingerprint density at radius 1 is 1.08 bits per heavy atom. The lowest BCUT2D eigenvalue weighted by molar-refractivity contribution is -0.143. The van der Waals surface area contributed by atoms with Crippen LogP contribution in [0.2, 0.25) is 0 Å². The van der Waals surface area contributed by atoms with Gasteiger partial charge in [0.2, 0.25) is 11.5 Å². The molecular formula is C27H25F2N5O3. The lowest BCUT2D eigenvalue weighted by atomic mass is 9.95. The summed E-state index contributed by atoms with van der Waals surface area (Å²) < 4.78 is 30.6. The van der Waals surface area contributed by atoms with Crippen molar-refractivity contribution in [1.29, 1.82) is 0 Å². The van der Waals surface area contributed by atoms with Crippen LogP contribution in [-0.4, -0.2) is 38.1 Å². The van der Waals surface area contributed by atoms with Gasteiger partial charge in [0.15, 0.2) is 0 Å². The predicted molar refractivity (Wildman–Crippen MR) is 135 cm³/mol. The van der Waals surface area contributed by atoms with Crippen LogP contribution in [0, 0.1) is 6.92 Å². The molecule has 3 heterocycles. The minimum Gasteiger partial charge on any atom is -0.345 e. The number of fused-ring (bicyclic) bond motifs is 1. The average Bonchev–Trinajstić information content (AvgIpc) is 3.40. The van der Waals surface area contributed by atoms with Gasteiger partial charge in [-0.2, -0.15) is 13.9 Å². The van der Waals surface area contributed by atoms with E-state index in [1.165, 1.54) is 10.6 Å². The molecule has 1 saturated heterocycles. The summed E-state index contributed by atoms with van der Waals surface area (Å²) in [6, 6.07) is 14.4. The van der Waals surface area contributed by atoms with Crippen molar-refractivity contribution >= 4 is 28.4 Å². The van der Waals surface area contributed by atoms with Gasteiger partial charge in [0.25, 0.3) is 5.91 Å². The summed E-state index contributed by atoms with van der Waals surface area (Å²) in [5.41, 5.74) is 3.52. The maximum absolute atomic E-state index is 13.7. The van der Waals surface area contributed by atoms with Crippen molar-refractivity contribution in [3.8, 4) is 5.69 Å². The second-order valence-electron chi connectivity index (χ2n) is 9.37. The standard InChI is InChI=1S/C27H25F2N5O3/c1-16-6-4-5-7-20(16)25-21(31-26(37)27(2,28)29)13-24(36)33(25)18-8-10-22-17(12-18)14-30-34(22)19-9-11-23(35)32(3)15-19/h4-12,14-15,21,25H,13H2,1-3H3,(H,31,37). The highest BCUT2D eigenvalue weighted by atomic mass is 19.3. The molecule has 2 aromatic heterocycles. The largest absolute Gasteiger partial charge is 0.345 e. The number of carbonyl (C=O) groups excluding carboxylic acids is 2. The Morgan fingerprint density at radius 3 is 2.51 bits per heavy atom. The number of benzene rings is 2. The van der Waals surface area contributed by atoms with Crippen molar-refractivity contribution in [2.24, 2.45) is 7.05 Å². The molecule has 10 heteroatoms. The zero-order valence-electron chi connectivity index (χ0n) is 20.5. The molecule has 37 heavy (non-hydrogen) atoms. The molecule has 1 aliphatic heterocycles. The molecule has 1 aliphatic rings. The number of carbonyl (C=O) groups is 2. The molecule has 0 radical (unpaired) electrons. The van der Waals surface area contributed by atoms with Crippen LogP contribution in [0.25, 0.3) is 16.6 Å². The molecule has 8 nitrogen and oxygen atoms in total. The number of aryl methyl sites for hydroxylation is 2. The van der Waals surface area contributed by atoms with E-state index >= 15 is 0 Å². The third kappa shape index (κ3) is 4.39. The van der Waals surface area contributed by atoms with E-state index in [4.69, 9.17) is 0 Å². The second kappa shape index (κ2) is 8.95. The molecule has 0 bridgehead atoms. The highest BCUT2D eigenvalue weighted by Gasteiger charge is 2.45. The lowest BCUT2D eigenvalue weighted by Gasteiger charge is -2.30. The number of anilines is 1. The lowest BCUT2D eigenvalue weighted by Crippen LogP contribution is -2.46. The predicted octanol–water partition coefficient (Wildman–Crippen LogP) is 3.65. The van der Waals surface area contributed by atoms with E-state index in [0.717, 1.165) is 22.0 Å². The fourth-order valence-electron chi connectivity index (χ4n) is 4.82. The van der Waals surface area contributed by atoms with Crippen LogP contribution < -0.4 is 15.8 Å². The van der Waals surface area contributed by atoms with Gasteiger partial charge in [-0.3, -0.25) is 14.4 Å². The van der Waals surface area contributed by atoms with Crippen molar-refractivity contribution in [2.75, 3.05) is 4.90 Å². The van der Waals surface area contributed by atoms with E-state index in [9.17, 15) is 23.2 Å². The number of hydrogen-bond acceptors (Lipinski definition) is 4. The molecule has 190 valence electrons. The van der Waals surface area contributed by atoms with Crippen molar-refractivity contribution in [2.45, 2.75) is 38.3 Å². The number of halogens is 2. The van der Waals surface area contributed by atoms with Gasteiger partial charge in [0.05, 0.1) is 29.5 Å². The Labute approximate surface area is 211 Å². The van der Waals surface area contributed by atoms with Gasteiger partial charge in [-0.05, 0) is 42.3 Å². The minimum atomic E-state index is -3.57. The average molecular weight is 506 g/mol. The van der Waals surface area contributed by atoms with Gasteiger partial charge in [-0.1, -0.05) is 24.3 Å². The number of hydrogen-bond donors (Lipinski definition) is 1. The smallest absolute Gasteiger partial charge is 0.321 e. The topological polar surface area (TPSA) is 89.2 Å². The monoisotopic (exact) mass is 505 g/mol.